The lowest BCUT2D eigenvalue weighted by molar-refractivity contribution is 0.494. The van der Waals surface area contributed by atoms with Crippen LogP contribution in [0.15, 0.2) is 6.20 Å². The Kier molecular flexibility index (Phi) is 4.76. The first-order chi connectivity index (χ1) is 9.65. The van der Waals surface area contributed by atoms with Gasteiger partial charge < -0.3 is 10.6 Å². The Hall–Kier alpha value is -1.85. The number of aromatic nitrogens is 4. The molecular formula is C14H24N6. The third-order valence-electron chi connectivity index (χ3n) is 3.70. The van der Waals surface area contributed by atoms with Crippen molar-refractivity contribution >= 4 is 22.8 Å². The van der Waals surface area contributed by atoms with E-state index in [4.69, 9.17) is 0 Å². The normalized spacial score (nSPS) is 14.2. The van der Waals surface area contributed by atoms with Crippen LogP contribution in [0.25, 0.3) is 11.0 Å². The first kappa shape index (κ1) is 14.6. The second-order valence-corrected chi connectivity index (χ2v) is 5.27. The predicted octanol–water partition coefficient (Wildman–Crippen LogP) is 3.02. The van der Waals surface area contributed by atoms with Crippen molar-refractivity contribution in [3.05, 3.63) is 6.20 Å². The minimum Gasteiger partial charge on any atom is -0.367 e. The number of hydrogen-bond acceptors (Lipinski definition) is 5. The zero-order chi connectivity index (χ0) is 14.5. The summed E-state index contributed by atoms with van der Waals surface area (Å²) in [5.41, 5.74) is 0.762. The number of anilines is 2. The number of rotatable bonds is 7. The highest BCUT2D eigenvalue weighted by atomic mass is 15.2. The van der Waals surface area contributed by atoms with Crippen molar-refractivity contribution in [3.8, 4) is 0 Å². The van der Waals surface area contributed by atoms with E-state index in [0.717, 1.165) is 36.2 Å². The molecule has 3 N–H and O–H groups in total. The quantitative estimate of drug-likeness (QED) is 0.724. The Balaban J connectivity index is 2.27. The fourth-order valence-corrected chi connectivity index (χ4v) is 1.97. The van der Waals surface area contributed by atoms with Crippen LogP contribution < -0.4 is 10.6 Å². The summed E-state index contributed by atoms with van der Waals surface area (Å²) in [6.45, 7) is 9.60. The van der Waals surface area contributed by atoms with E-state index in [1.807, 2.05) is 0 Å². The van der Waals surface area contributed by atoms with Crippen LogP contribution in [0.5, 0.6) is 0 Å². The molecule has 2 rings (SSSR count). The van der Waals surface area contributed by atoms with Crippen molar-refractivity contribution < 1.29 is 0 Å². The van der Waals surface area contributed by atoms with E-state index in [-0.39, 0.29) is 0 Å². The Morgan fingerprint density at radius 3 is 2.75 bits per heavy atom. The van der Waals surface area contributed by atoms with Gasteiger partial charge in [-0.3, -0.25) is 5.10 Å². The number of hydrogen-bond donors (Lipinski definition) is 3. The fraction of sp³-hybridized carbons (Fsp3) is 0.643. The summed E-state index contributed by atoms with van der Waals surface area (Å²) >= 11 is 0. The largest absolute Gasteiger partial charge is 0.367 e. The molecule has 2 heterocycles. The van der Waals surface area contributed by atoms with Crippen LogP contribution in [0.2, 0.25) is 0 Å². The lowest BCUT2D eigenvalue weighted by Gasteiger charge is -2.21. The van der Waals surface area contributed by atoms with Crippen LogP contribution in [-0.4, -0.2) is 32.8 Å². The van der Waals surface area contributed by atoms with Crippen LogP contribution in [0, 0.1) is 5.92 Å². The van der Waals surface area contributed by atoms with E-state index in [1.165, 1.54) is 0 Å². The molecule has 0 aromatic carbocycles. The van der Waals surface area contributed by atoms with Gasteiger partial charge in [0, 0.05) is 12.6 Å². The van der Waals surface area contributed by atoms with Crippen LogP contribution in [-0.2, 0) is 0 Å². The van der Waals surface area contributed by atoms with E-state index < -0.39 is 0 Å². The molecule has 0 saturated carbocycles. The molecule has 110 valence electrons. The van der Waals surface area contributed by atoms with Gasteiger partial charge in [-0.05, 0) is 19.3 Å². The van der Waals surface area contributed by atoms with Gasteiger partial charge in [0.25, 0.3) is 0 Å². The molecule has 0 bridgehead atoms. The summed E-state index contributed by atoms with van der Waals surface area (Å²) in [5.74, 6) is 2.07. The zero-order valence-corrected chi connectivity index (χ0v) is 12.7. The monoisotopic (exact) mass is 276 g/mol. The lowest BCUT2D eigenvalue weighted by Crippen LogP contribution is -2.24. The number of nitrogens with zero attached hydrogens (tertiary/aromatic N) is 3. The third-order valence-corrected chi connectivity index (χ3v) is 3.70. The highest BCUT2D eigenvalue weighted by molar-refractivity contribution is 5.87. The van der Waals surface area contributed by atoms with Crippen LogP contribution in [0.3, 0.4) is 0 Å². The first-order valence-corrected chi connectivity index (χ1v) is 7.37. The van der Waals surface area contributed by atoms with Gasteiger partial charge in [-0.15, -0.1) is 0 Å². The topological polar surface area (TPSA) is 78.5 Å². The molecule has 2 atom stereocenters. The van der Waals surface area contributed by atoms with Crippen molar-refractivity contribution in [1.82, 2.24) is 20.2 Å². The van der Waals surface area contributed by atoms with Crippen molar-refractivity contribution in [2.45, 2.75) is 46.6 Å². The Bertz CT molecular complexity index is 550. The summed E-state index contributed by atoms with van der Waals surface area (Å²) in [7, 11) is 0. The average molecular weight is 276 g/mol. The Morgan fingerprint density at radius 1 is 1.25 bits per heavy atom. The van der Waals surface area contributed by atoms with Crippen molar-refractivity contribution in [2.75, 3.05) is 17.2 Å². The van der Waals surface area contributed by atoms with Gasteiger partial charge in [0.15, 0.2) is 5.65 Å². The molecule has 2 aromatic rings. The van der Waals surface area contributed by atoms with Gasteiger partial charge in [-0.2, -0.15) is 15.1 Å². The van der Waals surface area contributed by atoms with Gasteiger partial charge in [-0.25, -0.2) is 0 Å². The van der Waals surface area contributed by atoms with Crippen molar-refractivity contribution in [2.24, 2.45) is 5.92 Å². The van der Waals surface area contributed by atoms with Crippen molar-refractivity contribution in [3.63, 3.8) is 0 Å². The zero-order valence-electron chi connectivity index (χ0n) is 12.7. The molecule has 0 radical (unpaired) electrons. The number of fused-ring (bicyclic) bond motifs is 1. The van der Waals surface area contributed by atoms with Gasteiger partial charge >= 0.3 is 0 Å². The van der Waals surface area contributed by atoms with Gasteiger partial charge in [0.2, 0.25) is 5.95 Å². The van der Waals surface area contributed by atoms with E-state index in [9.17, 15) is 0 Å². The first-order valence-electron chi connectivity index (χ1n) is 7.37. The molecular weight excluding hydrogens is 252 g/mol. The maximum Gasteiger partial charge on any atom is 0.226 e. The molecule has 0 aliphatic rings. The van der Waals surface area contributed by atoms with E-state index in [1.54, 1.807) is 6.20 Å². The highest BCUT2D eigenvalue weighted by Crippen LogP contribution is 2.22. The minimum absolute atomic E-state index is 0.354. The summed E-state index contributed by atoms with van der Waals surface area (Å²) in [4.78, 5) is 9.00. The summed E-state index contributed by atoms with van der Waals surface area (Å²) in [6.07, 6.45) is 3.94. The molecule has 2 aromatic heterocycles. The Morgan fingerprint density at radius 2 is 2.05 bits per heavy atom. The predicted molar refractivity (Wildman–Crippen MR) is 83.0 cm³/mol. The molecule has 2 unspecified atom stereocenters. The SMILES string of the molecule is CCCNc1nc(NC(C)C(C)CC)c2cn[nH]c2n1. The summed E-state index contributed by atoms with van der Waals surface area (Å²) in [6, 6.07) is 0.354. The number of H-pyrrole nitrogens is 1. The van der Waals surface area contributed by atoms with E-state index in [0.29, 0.717) is 17.9 Å². The summed E-state index contributed by atoms with van der Waals surface area (Å²) in [5, 5.41) is 14.6. The molecule has 0 aliphatic carbocycles. The lowest BCUT2D eigenvalue weighted by atomic mass is 10.0. The van der Waals surface area contributed by atoms with Crippen LogP contribution >= 0.6 is 0 Å². The van der Waals surface area contributed by atoms with Crippen LogP contribution in [0.4, 0.5) is 11.8 Å². The highest BCUT2D eigenvalue weighted by Gasteiger charge is 2.14. The smallest absolute Gasteiger partial charge is 0.226 e. The van der Waals surface area contributed by atoms with Gasteiger partial charge in [0.1, 0.15) is 5.82 Å². The molecule has 0 saturated heterocycles. The van der Waals surface area contributed by atoms with Crippen molar-refractivity contribution in [1.29, 1.82) is 0 Å². The fourth-order valence-electron chi connectivity index (χ4n) is 1.97. The number of nitrogens with one attached hydrogen (secondary N) is 3. The van der Waals surface area contributed by atoms with E-state index in [2.05, 4.69) is 58.5 Å². The minimum atomic E-state index is 0.354. The molecule has 0 fully saturated rings. The van der Waals surface area contributed by atoms with E-state index >= 15 is 0 Å². The summed E-state index contributed by atoms with van der Waals surface area (Å²) < 4.78 is 0. The Labute approximate surface area is 119 Å². The molecule has 6 nitrogen and oxygen atoms in total. The average Bonchev–Trinajstić information content (AvgIpc) is 2.92. The van der Waals surface area contributed by atoms with Gasteiger partial charge in [-0.1, -0.05) is 27.2 Å². The van der Waals surface area contributed by atoms with Gasteiger partial charge in [0.05, 0.1) is 11.6 Å². The third kappa shape index (κ3) is 3.18. The molecule has 20 heavy (non-hydrogen) atoms. The second kappa shape index (κ2) is 6.54. The second-order valence-electron chi connectivity index (χ2n) is 5.27. The van der Waals surface area contributed by atoms with Crippen LogP contribution in [0.1, 0.15) is 40.5 Å². The molecule has 0 amide bonds. The molecule has 0 spiro atoms. The maximum absolute atomic E-state index is 4.57. The number of aromatic amines is 1. The maximum atomic E-state index is 4.57. The molecule has 0 aliphatic heterocycles. The molecule has 6 heteroatoms. The standard InChI is InChI=1S/C14H24N6/c1-5-7-15-14-18-12(17-10(4)9(3)6-2)11-8-16-20-13(11)19-14/h8-10H,5-7H2,1-4H3,(H3,15,16,17,18,19,20).